The minimum absolute atomic E-state index is 0.197. The maximum absolute atomic E-state index is 15.9. The van der Waals surface area contributed by atoms with E-state index in [0.29, 0.717) is 0 Å². The van der Waals surface area contributed by atoms with E-state index in [2.05, 4.69) is 0 Å². The van der Waals surface area contributed by atoms with Crippen molar-refractivity contribution in [1.82, 2.24) is 0 Å². The van der Waals surface area contributed by atoms with Crippen LogP contribution in [0.1, 0.15) is 22.3 Å². The first-order valence-corrected chi connectivity index (χ1v) is 16.3. The summed E-state index contributed by atoms with van der Waals surface area (Å²) in [6.45, 7) is -3.21. The molecule has 260 valence electrons. The summed E-state index contributed by atoms with van der Waals surface area (Å²) in [5, 5.41) is 0. The molecular weight excluding hydrogens is 832 g/mol. The van der Waals surface area contributed by atoms with Crippen LogP contribution in [-0.4, -0.2) is 27.6 Å². The summed E-state index contributed by atoms with van der Waals surface area (Å²) in [7, 11) is 0. The van der Waals surface area contributed by atoms with Gasteiger partial charge in [0.05, 0.1) is 0 Å². The van der Waals surface area contributed by atoms with E-state index < -0.39 is 150 Å². The number of hydrogen-bond acceptors (Lipinski definition) is 0. The van der Waals surface area contributed by atoms with Crippen LogP contribution in [0.3, 0.4) is 0 Å². The fraction of sp³-hybridized carbons (Fsp3) is 0. The molecule has 51 heavy (non-hydrogen) atoms. The quantitative estimate of drug-likeness (QED) is 0.0717. The average Bonchev–Trinajstić information content (AvgIpc) is 3.14. The van der Waals surface area contributed by atoms with Crippen molar-refractivity contribution in [2.75, 3.05) is 0 Å². The van der Waals surface area contributed by atoms with Crippen LogP contribution >= 0.6 is 0 Å². The molecule has 0 saturated heterocycles. The Morgan fingerprint density at radius 2 is 0.569 bits per heavy atom. The van der Waals surface area contributed by atoms with Crippen molar-refractivity contribution in [3.63, 3.8) is 0 Å². The molecule has 0 aromatic heterocycles. The first-order chi connectivity index (χ1) is 24.1. The van der Waals surface area contributed by atoms with Crippen molar-refractivity contribution in [2.45, 2.75) is 0 Å². The first-order valence-electron chi connectivity index (χ1n) is 13.9. The zero-order valence-corrected chi connectivity index (χ0v) is 26.8. The standard InChI is InChI=1S/C34H10BF15Te/c36-18-13(19(37)25(43)30(48)24(18)42)15-33(11-7-3-1-4-8-11)51-34(12-9-5-2-6-10-12)16(14-20(38)26(44)31(49)27(45)21(14)39)35(15)17-22(40)28(46)32(50)29(47)23(17)41/h1-10H. The molecule has 5 aromatic carbocycles. The van der Waals surface area contributed by atoms with Crippen LogP contribution in [0.15, 0.2) is 60.7 Å². The van der Waals surface area contributed by atoms with Crippen LogP contribution in [0.2, 0.25) is 0 Å². The Kier molecular flexibility index (Phi) is 9.58. The van der Waals surface area contributed by atoms with Crippen LogP contribution in [0.4, 0.5) is 65.9 Å². The summed E-state index contributed by atoms with van der Waals surface area (Å²) in [4.78, 5) is 0. The van der Waals surface area contributed by atoms with Gasteiger partial charge in [0.1, 0.15) is 0 Å². The van der Waals surface area contributed by atoms with Crippen molar-refractivity contribution < 1.29 is 65.9 Å². The molecule has 0 nitrogen and oxygen atoms in total. The number of rotatable bonds is 5. The Morgan fingerprint density at radius 3 is 0.863 bits per heavy atom. The zero-order chi connectivity index (χ0) is 37.2. The van der Waals surface area contributed by atoms with Crippen LogP contribution < -0.4 is 5.46 Å². The second kappa shape index (κ2) is 13.5. The van der Waals surface area contributed by atoms with Crippen molar-refractivity contribution in [2.24, 2.45) is 0 Å². The average molecular weight is 842 g/mol. The van der Waals surface area contributed by atoms with Gasteiger partial charge in [0.15, 0.2) is 0 Å². The van der Waals surface area contributed by atoms with Crippen molar-refractivity contribution in [1.29, 1.82) is 0 Å². The second-order valence-electron chi connectivity index (χ2n) is 10.6. The van der Waals surface area contributed by atoms with Gasteiger partial charge in [-0.2, -0.15) is 0 Å². The Hall–Kier alpha value is -4.62. The molecule has 0 saturated carbocycles. The Bertz CT molecular complexity index is 2120. The Balaban J connectivity index is 1.96. The summed E-state index contributed by atoms with van der Waals surface area (Å²) in [6, 6.07) is 12.5. The predicted octanol–water partition coefficient (Wildman–Crippen LogP) is 9.41. The number of halogens is 15. The SMILES string of the molecule is Fc1c(F)c(F)c(B2C(c3c(F)c(F)c(F)c(F)c3F)=C(c3ccccc3)[Te]C(c3ccccc3)=C2c2c(F)c(F)c(F)c(F)c2F)c(F)c1F. The van der Waals surface area contributed by atoms with Gasteiger partial charge in [-0.05, 0) is 0 Å². The van der Waals surface area contributed by atoms with E-state index in [1.165, 1.54) is 36.4 Å². The maximum atomic E-state index is 15.9. The van der Waals surface area contributed by atoms with Crippen molar-refractivity contribution >= 4 is 51.3 Å². The molecule has 0 radical (unpaired) electrons. The van der Waals surface area contributed by atoms with Gasteiger partial charge in [0.25, 0.3) is 0 Å². The zero-order valence-electron chi connectivity index (χ0n) is 24.4. The van der Waals surface area contributed by atoms with E-state index in [1.54, 1.807) is 0 Å². The third-order valence-electron chi connectivity index (χ3n) is 7.83. The Labute approximate surface area is 286 Å². The van der Waals surface area contributed by atoms with Crippen LogP contribution in [0, 0.1) is 87.3 Å². The van der Waals surface area contributed by atoms with Gasteiger partial charge in [0.2, 0.25) is 0 Å². The molecule has 0 bridgehead atoms. The number of hydrogen-bond donors (Lipinski definition) is 0. The molecular formula is C34H10BF15Te. The molecule has 0 fully saturated rings. The summed E-state index contributed by atoms with van der Waals surface area (Å²) in [6.07, 6.45) is 0. The van der Waals surface area contributed by atoms with Gasteiger partial charge < -0.3 is 0 Å². The monoisotopic (exact) mass is 844 g/mol. The second-order valence-corrected chi connectivity index (χ2v) is 13.5. The van der Waals surface area contributed by atoms with E-state index in [9.17, 15) is 39.5 Å². The molecule has 1 heterocycles. The summed E-state index contributed by atoms with van der Waals surface area (Å²) in [5.41, 5.74) is -9.54. The Morgan fingerprint density at radius 1 is 0.314 bits per heavy atom. The van der Waals surface area contributed by atoms with Gasteiger partial charge in [0, 0.05) is 0 Å². The number of benzene rings is 5. The van der Waals surface area contributed by atoms with E-state index in [-0.39, 0.29) is 11.1 Å². The van der Waals surface area contributed by atoms with Gasteiger partial charge in [-0.3, -0.25) is 0 Å². The molecule has 17 heteroatoms. The molecule has 0 aliphatic carbocycles. The van der Waals surface area contributed by atoms with E-state index >= 15 is 26.3 Å². The molecule has 0 N–H and O–H groups in total. The fourth-order valence-corrected chi connectivity index (χ4v) is 9.50. The molecule has 1 aliphatic heterocycles. The normalized spacial score (nSPS) is 13.5. The van der Waals surface area contributed by atoms with E-state index in [4.69, 9.17) is 0 Å². The van der Waals surface area contributed by atoms with E-state index in [1.807, 2.05) is 0 Å². The molecule has 0 spiro atoms. The van der Waals surface area contributed by atoms with Crippen LogP contribution in [0.5, 0.6) is 0 Å². The van der Waals surface area contributed by atoms with Crippen LogP contribution in [0.25, 0.3) is 18.2 Å². The fourth-order valence-electron chi connectivity index (χ4n) is 5.59. The van der Waals surface area contributed by atoms with Crippen molar-refractivity contribution in [3.05, 3.63) is 170 Å². The molecule has 6 rings (SSSR count). The topological polar surface area (TPSA) is 0 Å². The minimum atomic E-state index is -3.21. The summed E-state index contributed by atoms with van der Waals surface area (Å²) < 4.78 is 226. The van der Waals surface area contributed by atoms with Crippen molar-refractivity contribution in [3.8, 4) is 0 Å². The molecule has 1 aliphatic rings. The predicted molar refractivity (Wildman–Crippen MR) is 156 cm³/mol. The van der Waals surface area contributed by atoms with Gasteiger partial charge in [-0.25, -0.2) is 0 Å². The molecule has 0 unspecified atom stereocenters. The summed E-state index contributed by atoms with van der Waals surface area (Å²) >= 11 is -2.73. The molecule has 0 atom stereocenters. The third kappa shape index (κ3) is 5.61. The van der Waals surface area contributed by atoms with Gasteiger partial charge in [-0.1, -0.05) is 0 Å². The van der Waals surface area contributed by atoms with Gasteiger partial charge >= 0.3 is 287 Å². The third-order valence-corrected chi connectivity index (χ3v) is 11.6. The van der Waals surface area contributed by atoms with Gasteiger partial charge in [-0.15, -0.1) is 0 Å². The summed E-state index contributed by atoms with van der Waals surface area (Å²) in [5.74, 6) is -40.9. The van der Waals surface area contributed by atoms with Crippen LogP contribution in [-0.2, 0) is 0 Å². The molecule has 0 amide bonds. The van der Waals surface area contributed by atoms with E-state index in [0.717, 1.165) is 24.3 Å². The molecule has 5 aromatic rings. The first kappa shape index (κ1) is 36.2.